The van der Waals surface area contributed by atoms with Gasteiger partial charge in [-0.2, -0.15) is 0 Å². The highest BCUT2D eigenvalue weighted by molar-refractivity contribution is 6.36. The molecule has 8 nitrogen and oxygen atoms in total. The molecule has 0 N–H and O–H groups in total. The largest absolute Gasteiger partial charge is 0.484 e. The molecule has 3 rings (SSSR count). The Labute approximate surface area is 176 Å². The van der Waals surface area contributed by atoms with Crippen molar-refractivity contribution in [1.82, 2.24) is 9.80 Å². The fourth-order valence-electron chi connectivity index (χ4n) is 2.92. The number of nitro benzene ring substituents is 1. The summed E-state index contributed by atoms with van der Waals surface area (Å²) in [6, 6.07) is 10.3. The van der Waals surface area contributed by atoms with Crippen molar-refractivity contribution in [3.8, 4) is 5.75 Å². The van der Waals surface area contributed by atoms with E-state index < -0.39 is 4.92 Å². The molecule has 152 valence electrons. The molecule has 0 aromatic heterocycles. The first kappa shape index (κ1) is 20.9. The Kier molecular flexibility index (Phi) is 6.56. The van der Waals surface area contributed by atoms with Gasteiger partial charge in [0.2, 0.25) is 0 Å². The highest BCUT2D eigenvalue weighted by Gasteiger charge is 2.26. The maximum atomic E-state index is 12.6. The van der Waals surface area contributed by atoms with E-state index in [2.05, 4.69) is 0 Å². The van der Waals surface area contributed by atoms with E-state index in [4.69, 9.17) is 27.9 Å². The van der Waals surface area contributed by atoms with Crippen molar-refractivity contribution in [1.29, 1.82) is 0 Å². The molecule has 1 fully saturated rings. The van der Waals surface area contributed by atoms with Gasteiger partial charge in [0, 0.05) is 37.3 Å². The molecular formula is C19H17Cl2N3O5. The maximum Gasteiger partial charge on any atom is 0.273 e. The smallest absolute Gasteiger partial charge is 0.273 e. The van der Waals surface area contributed by atoms with E-state index in [-0.39, 0.29) is 34.9 Å². The van der Waals surface area contributed by atoms with Gasteiger partial charge in [0.1, 0.15) is 5.75 Å². The molecule has 1 aliphatic heterocycles. The molecule has 2 aromatic rings. The monoisotopic (exact) mass is 437 g/mol. The quantitative estimate of drug-likeness (QED) is 0.528. The van der Waals surface area contributed by atoms with Gasteiger partial charge in [-0.05, 0) is 24.3 Å². The number of hydrogen-bond acceptors (Lipinski definition) is 5. The Morgan fingerprint density at radius 2 is 1.72 bits per heavy atom. The van der Waals surface area contributed by atoms with Gasteiger partial charge < -0.3 is 14.5 Å². The number of non-ortho nitro benzene ring substituents is 1. The van der Waals surface area contributed by atoms with Crippen molar-refractivity contribution in [3.63, 3.8) is 0 Å². The summed E-state index contributed by atoms with van der Waals surface area (Å²) in [5.74, 6) is -0.224. The van der Waals surface area contributed by atoms with E-state index in [1.54, 1.807) is 28.0 Å². The van der Waals surface area contributed by atoms with E-state index in [0.717, 1.165) is 0 Å². The van der Waals surface area contributed by atoms with Crippen molar-refractivity contribution in [2.75, 3.05) is 32.8 Å². The standard InChI is InChI=1S/C19H17Cl2N3O5/c20-13-4-5-16(17(21)10-13)19(26)23-8-6-22(7-9-23)18(25)12-29-15-3-1-2-14(11-15)24(27)28/h1-5,10-11H,6-9,12H2. The second-order valence-corrected chi connectivity index (χ2v) is 7.18. The van der Waals surface area contributed by atoms with Crippen LogP contribution in [0.2, 0.25) is 10.0 Å². The Balaban J connectivity index is 1.52. The molecular weight excluding hydrogens is 421 g/mol. The fraction of sp³-hybridized carbons (Fsp3) is 0.263. The van der Waals surface area contributed by atoms with Gasteiger partial charge in [0.05, 0.1) is 21.6 Å². The van der Waals surface area contributed by atoms with Crippen LogP contribution in [0.15, 0.2) is 42.5 Å². The van der Waals surface area contributed by atoms with Gasteiger partial charge in [-0.1, -0.05) is 29.3 Å². The molecule has 10 heteroatoms. The van der Waals surface area contributed by atoms with Gasteiger partial charge in [-0.15, -0.1) is 0 Å². The first-order valence-corrected chi connectivity index (χ1v) is 9.50. The van der Waals surface area contributed by atoms with Gasteiger partial charge in [-0.3, -0.25) is 19.7 Å². The van der Waals surface area contributed by atoms with Gasteiger partial charge in [-0.25, -0.2) is 0 Å². The lowest BCUT2D eigenvalue weighted by Crippen LogP contribution is -2.51. The number of hydrogen-bond donors (Lipinski definition) is 0. The van der Waals surface area contributed by atoms with Crippen LogP contribution in [0.5, 0.6) is 5.75 Å². The average molecular weight is 438 g/mol. The number of piperazine rings is 1. The van der Waals surface area contributed by atoms with Crippen molar-refractivity contribution in [3.05, 3.63) is 68.2 Å². The lowest BCUT2D eigenvalue weighted by molar-refractivity contribution is -0.384. The summed E-state index contributed by atoms with van der Waals surface area (Å²) in [6.45, 7) is 1.20. The Morgan fingerprint density at radius 3 is 2.38 bits per heavy atom. The third-order valence-electron chi connectivity index (χ3n) is 4.47. The van der Waals surface area contributed by atoms with Gasteiger partial charge >= 0.3 is 0 Å². The van der Waals surface area contributed by atoms with Gasteiger partial charge in [0.15, 0.2) is 6.61 Å². The number of nitro groups is 1. The van der Waals surface area contributed by atoms with E-state index in [1.165, 1.54) is 24.3 Å². The lowest BCUT2D eigenvalue weighted by Gasteiger charge is -2.34. The van der Waals surface area contributed by atoms with Crippen LogP contribution in [0.3, 0.4) is 0 Å². The number of rotatable bonds is 5. The molecule has 2 aromatic carbocycles. The molecule has 1 saturated heterocycles. The lowest BCUT2D eigenvalue weighted by atomic mass is 10.1. The third-order valence-corrected chi connectivity index (χ3v) is 5.02. The second-order valence-electron chi connectivity index (χ2n) is 6.34. The SMILES string of the molecule is O=C(COc1cccc([N+](=O)[O-])c1)N1CCN(C(=O)c2ccc(Cl)cc2Cl)CC1. The van der Waals surface area contributed by atoms with Crippen LogP contribution in [0, 0.1) is 10.1 Å². The zero-order valence-corrected chi connectivity index (χ0v) is 16.7. The third kappa shape index (κ3) is 5.16. The van der Waals surface area contributed by atoms with Crippen LogP contribution >= 0.6 is 23.2 Å². The predicted molar refractivity (Wildman–Crippen MR) is 108 cm³/mol. The average Bonchev–Trinajstić information content (AvgIpc) is 2.72. The van der Waals surface area contributed by atoms with E-state index in [9.17, 15) is 19.7 Å². The molecule has 0 radical (unpaired) electrons. The number of nitrogens with zero attached hydrogens (tertiary/aromatic N) is 3. The molecule has 0 unspecified atom stereocenters. The number of halogens is 2. The molecule has 0 saturated carbocycles. The van der Waals surface area contributed by atoms with Crippen LogP contribution in [-0.4, -0.2) is 59.3 Å². The minimum absolute atomic E-state index is 0.108. The summed E-state index contributed by atoms with van der Waals surface area (Å²) in [5.41, 5.74) is 0.257. The minimum Gasteiger partial charge on any atom is -0.484 e. The zero-order chi connectivity index (χ0) is 21.0. The number of carbonyl (C=O) groups excluding carboxylic acids is 2. The van der Waals surface area contributed by atoms with Crippen LogP contribution in [0.4, 0.5) is 5.69 Å². The summed E-state index contributed by atoms with van der Waals surface area (Å²) in [7, 11) is 0. The maximum absolute atomic E-state index is 12.6. The first-order valence-electron chi connectivity index (χ1n) is 8.74. The van der Waals surface area contributed by atoms with Crippen LogP contribution in [-0.2, 0) is 4.79 Å². The Hall–Kier alpha value is -2.84. The van der Waals surface area contributed by atoms with E-state index in [1.807, 2.05) is 0 Å². The fourth-order valence-corrected chi connectivity index (χ4v) is 3.40. The van der Waals surface area contributed by atoms with E-state index >= 15 is 0 Å². The Morgan fingerprint density at radius 1 is 1.03 bits per heavy atom. The number of carbonyl (C=O) groups is 2. The normalized spacial score (nSPS) is 13.9. The number of amides is 2. The van der Waals surface area contributed by atoms with Crippen LogP contribution < -0.4 is 4.74 Å². The van der Waals surface area contributed by atoms with Gasteiger partial charge in [0.25, 0.3) is 17.5 Å². The molecule has 0 aliphatic carbocycles. The summed E-state index contributed by atoms with van der Waals surface area (Å²) in [6.07, 6.45) is 0. The van der Waals surface area contributed by atoms with Crippen molar-refractivity contribution < 1.29 is 19.2 Å². The van der Waals surface area contributed by atoms with Crippen molar-refractivity contribution >= 4 is 40.7 Å². The predicted octanol–water partition coefficient (Wildman–Crippen LogP) is 3.27. The summed E-state index contributed by atoms with van der Waals surface area (Å²) in [4.78, 5) is 38.5. The number of benzene rings is 2. The number of ether oxygens (including phenoxy) is 1. The molecule has 0 bridgehead atoms. The highest BCUT2D eigenvalue weighted by Crippen LogP contribution is 2.23. The molecule has 2 amide bonds. The van der Waals surface area contributed by atoms with Crippen molar-refractivity contribution in [2.45, 2.75) is 0 Å². The molecule has 0 spiro atoms. The zero-order valence-electron chi connectivity index (χ0n) is 15.2. The minimum atomic E-state index is -0.530. The summed E-state index contributed by atoms with van der Waals surface area (Å²) >= 11 is 12.0. The van der Waals surface area contributed by atoms with Crippen molar-refractivity contribution in [2.24, 2.45) is 0 Å². The Bertz CT molecular complexity index is 945. The molecule has 1 heterocycles. The molecule has 29 heavy (non-hydrogen) atoms. The molecule has 1 aliphatic rings. The first-order chi connectivity index (χ1) is 13.8. The summed E-state index contributed by atoms with van der Waals surface area (Å²) < 4.78 is 5.38. The van der Waals surface area contributed by atoms with E-state index in [0.29, 0.717) is 36.8 Å². The van der Waals surface area contributed by atoms with Crippen LogP contribution in [0.1, 0.15) is 10.4 Å². The summed E-state index contributed by atoms with van der Waals surface area (Å²) in [5, 5.41) is 11.5. The topological polar surface area (TPSA) is 93.0 Å². The highest BCUT2D eigenvalue weighted by atomic mass is 35.5. The second kappa shape index (κ2) is 9.11. The van der Waals surface area contributed by atoms with Crippen LogP contribution in [0.25, 0.3) is 0 Å². The molecule has 0 atom stereocenters.